The number of nitrogens with zero attached hydrogens (tertiary/aromatic N) is 2. The summed E-state index contributed by atoms with van der Waals surface area (Å²) >= 11 is 0. The number of carbonyl (C=O) groups is 2. The monoisotopic (exact) mass is 668 g/mol. The van der Waals surface area contributed by atoms with Crippen molar-refractivity contribution in [3.63, 3.8) is 0 Å². The fraction of sp³-hybridized carbons (Fsp3) is 0.800. The highest BCUT2D eigenvalue weighted by Gasteiger charge is 2.21. The van der Waals surface area contributed by atoms with Gasteiger partial charge in [-0.2, -0.15) is 10.1 Å². The van der Waals surface area contributed by atoms with Crippen LogP contribution in [-0.4, -0.2) is 146 Å². The molecule has 4 N–H and O–H groups in total. The van der Waals surface area contributed by atoms with Crippen molar-refractivity contribution in [3.05, 3.63) is 24.3 Å². The highest BCUT2D eigenvalue weighted by atomic mass is 17.3. The van der Waals surface area contributed by atoms with Crippen molar-refractivity contribution in [1.82, 2.24) is 10.1 Å². The molecular formula is C30H56N2O14. The summed E-state index contributed by atoms with van der Waals surface area (Å²) in [6, 6.07) is 0. The number of aliphatic hydroxyl groups is 4. The molecule has 0 bridgehead atoms. The standard InChI is InChI=1S/C30H56N2O14/c1-7-9-13-39-17-27(35)21-43-45-31(15-25(33)19-41-29(37)23(3)4)11-12-32(16-26(34)20-42-30(38)24(5)6)46-44-22-28(36)18-40-14-10-8-2/h25-28,33-36H,3,5,7-22H2,1-2,4,6H3. The summed E-state index contributed by atoms with van der Waals surface area (Å²) in [5, 5.41) is 43.4. The number of hydrogen-bond acceptors (Lipinski definition) is 16. The minimum atomic E-state index is -1.21. The third kappa shape index (κ3) is 25.1. The number of hydrogen-bond donors (Lipinski definition) is 4. The van der Waals surface area contributed by atoms with Crippen molar-refractivity contribution in [2.45, 2.75) is 77.8 Å². The summed E-state index contributed by atoms with van der Waals surface area (Å²) in [5.74, 6) is -1.35. The van der Waals surface area contributed by atoms with E-state index >= 15 is 0 Å². The number of ether oxygens (including phenoxy) is 4. The zero-order chi connectivity index (χ0) is 34.7. The van der Waals surface area contributed by atoms with Gasteiger partial charge in [-0.15, -0.1) is 9.98 Å². The van der Waals surface area contributed by atoms with Crippen LogP contribution < -0.4 is 0 Å². The van der Waals surface area contributed by atoms with Gasteiger partial charge in [-0.1, -0.05) is 39.8 Å². The van der Waals surface area contributed by atoms with Crippen molar-refractivity contribution < 1.29 is 68.7 Å². The fourth-order valence-corrected chi connectivity index (χ4v) is 3.10. The molecule has 0 rings (SSSR count). The lowest BCUT2D eigenvalue weighted by Crippen LogP contribution is -2.43. The number of unbranched alkanes of at least 4 members (excludes halogenated alkanes) is 2. The Hall–Kier alpha value is -2.06. The highest BCUT2D eigenvalue weighted by Crippen LogP contribution is 2.05. The predicted molar refractivity (Wildman–Crippen MR) is 164 cm³/mol. The lowest BCUT2D eigenvalue weighted by atomic mass is 10.3. The quantitative estimate of drug-likeness (QED) is 0.0264. The molecule has 0 aliphatic heterocycles. The molecule has 0 fully saturated rings. The SMILES string of the molecule is C=C(C)C(=O)OCC(O)CN(CCN(CC(O)COC(=O)C(=C)C)OOCC(O)COCCCC)OOCC(O)COCCCC. The second-order valence-electron chi connectivity index (χ2n) is 10.7. The summed E-state index contributed by atoms with van der Waals surface area (Å²) < 4.78 is 20.7. The maximum atomic E-state index is 11.7. The first-order valence-corrected chi connectivity index (χ1v) is 15.5. The van der Waals surface area contributed by atoms with E-state index in [1.54, 1.807) is 0 Å². The molecule has 46 heavy (non-hydrogen) atoms. The third-order valence-corrected chi connectivity index (χ3v) is 5.68. The summed E-state index contributed by atoms with van der Waals surface area (Å²) in [6.45, 7) is 13.3. The largest absolute Gasteiger partial charge is 0.460 e. The van der Waals surface area contributed by atoms with Crippen LogP contribution in [0.3, 0.4) is 0 Å². The molecule has 0 aliphatic carbocycles. The minimum Gasteiger partial charge on any atom is -0.460 e. The van der Waals surface area contributed by atoms with Gasteiger partial charge < -0.3 is 39.4 Å². The summed E-state index contributed by atoms with van der Waals surface area (Å²) in [7, 11) is 0. The summed E-state index contributed by atoms with van der Waals surface area (Å²) in [4.78, 5) is 44.4. The van der Waals surface area contributed by atoms with Crippen LogP contribution in [-0.2, 0) is 48.3 Å². The molecule has 0 aromatic heterocycles. The highest BCUT2D eigenvalue weighted by molar-refractivity contribution is 5.87. The van der Waals surface area contributed by atoms with Gasteiger partial charge in [-0.25, -0.2) is 19.4 Å². The van der Waals surface area contributed by atoms with Crippen molar-refractivity contribution in [2.24, 2.45) is 0 Å². The van der Waals surface area contributed by atoms with Crippen molar-refractivity contribution in [1.29, 1.82) is 0 Å². The van der Waals surface area contributed by atoms with Crippen molar-refractivity contribution >= 4 is 11.9 Å². The van der Waals surface area contributed by atoms with Gasteiger partial charge in [-0.3, -0.25) is 0 Å². The molecule has 0 aromatic carbocycles. The topological polar surface area (TPSA) is 195 Å². The van der Waals surface area contributed by atoms with Crippen LogP contribution in [0.5, 0.6) is 0 Å². The van der Waals surface area contributed by atoms with Crippen LogP contribution in [0.15, 0.2) is 24.3 Å². The van der Waals surface area contributed by atoms with Gasteiger partial charge >= 0.3 is 11.9 Å². The van der Waals surface area contributed by atoms with E-state index in [1.165, 1.54) is 24.0 Å². The Morgan fingerprint density at radius 2 is 0.978 bits per heavy atom. The van der Waals surface area contributed by atoms with E-state index in [9.17, 15) is 30.0 Å². The molecule has 4 unspecified atom stereocenters. The van der Waals surface area contributed by atoms with Crippen LogP contribution in [0.2, 0.25) is 0 Å². The average molecular weight is 669 g/mol. The van der Waals surface area contributed by atoms with Crippen LogP contribution in [0, 0.1) is 0 Å². The first kappa shape index (κ1) is 43.9. The normalized spacial score (nSPS) is 14.2. The maximum absolute atomic E-state index is 11.7. The number of esters is 2. The molecule has 4 atom stereocenters. The van der Waals surface area contributed by atoms with E-state index in [-0.39, 0.29) is 77.0 Å². The second kappa shape index (κ2) is 28.0. The summed E-state index contributed by atoms with van der Waals surface area (Å²) in [5.41, 5.74) is 0.327. The van der Waals surface area contributed by atoms with Crippen LogP contribution in [0.25, 0.3) is 0 Å². The molecule has 0 radical (unpaired) electrons. The van der Waals surface area contributed by atoms with Crippen molar-refractivity contribution in [2.75, 3.05) is 79.0 Å². The second-order valence-corrected chi connectivity index (χ2v) is 10.7. The van der Waals surface area contributed by atoms with Gasteiger partial charge in [0, 0.05) is 37.4 Å². The van der Waals surface area contributed by atoms with Gasteiger partial charge in [-0.05, 0) is 26.7 Å². The smallest absolute Gasteiger partial charge is 0.333 e. The molecule has 270 valence electrons. The molecule has 0 heterocycles. The first-order valence-electron chi connectivity index (χ1n) is 15.5. The molecule has 0 amide bonds. The molecular weight excluding hydrogens is 612 g/mol. The Balaban J connectivity index is 5.29. The molecule has 0 saturated heterocycles. The number of hydroxylamine groups is 4. The van der Waals surface area contributed by atoms with Gasteiger partial charge in [0.2, 0.25) is 0 Å². The van der Waals surface area contributed by atoms with E-state index in [0.717, 1.165) is 25.7 Å². The zero-order valence-corrected chi connectivity index (χ0v) is 27.8. The lowest BCUT2D eigenvalue weighted by Gasteiger charge is -2.27. The fourth-order valence-electron chi connectivity index (χ4n) is 3.10. The number of rotatable bonds is 31. The molecule has 0 aromatic rings. The molecule has 0 saturated carbocycles. The summed E-state index contributed by atoms with van der Waals surface area (Å²) in [6.07, 6.45) is -0.790. The van der Waals surface area contributed by atoms with E-state index in [1.807, 2.05) is 13.8 Å². The lowest BCUT2D eigenvalue weighted by molar-refractivity contribution is -0.452. The van der Waals surface area contributed by atoms with Gasteiger partial charge in [0.15, 0.2) is 0 Å². The van der Waals surface area contributed by atoms with Crippen LogP contribution >= 0.6 is 0 Å². The zero-order valence-electron chi connectivity index (χ0n) is 27.8. The first-order chi connectivity index (χ1) is 21.9. The molecule has 0 spiro atoms. The Kier molecular flexibility index (Phi) is 26.7. The van der Waals surface area contributed by atoms with E-state index in [4.69, 9.17) is 38.7 Å². The van der Waals surface area contributed by atoms with E-state index in [2.05, 4.69) is 13.2 Å². The van der Waals surface area contributed by atoms with Crippen LogP contribution in [0.1, 0.15) is 53.4 Å². The third-order valence-electron chi connectivity index (χ3n) is 5.68. The van der Waals surface area contributed by atoms with Gasteiger partial charge in [0.25, 0.3) is 0 Å². The number of aliphatic hydroxyl groups excluding tert-OH is 4. The minimum absolute atomic E-state index is 0.0329. The molecule has 16 heteroatoms. The van der Waals surface area contributed by atoms with Gasteiger partial charge in [0.05, 0.1) is 26.3 Å². The van der Waals surface area contributed by atoms with E-state index in [0.29, 0.717) is 13.2 Å². The van der Waals surface area contributed by atoms with Crippen molar-refractivity contribution in [3.8, 4) is 0 Å². The van der Waals surface area contributed by atoms with E-state index < -0.39 is 36.4 Å². The molecule has 16 nitrogen and oxygen atoms in total. The Morgan fingerprint density at radius 1 is 0.609 bits per heavy atom. The Bertz CT molecular complexity index is 767. The Morgan fingerprint density at radius 3 is 1.30 bits per heavy atom. The van der Waals surface area contributed by atoms with Crippen LogP contribution in [0.4, 0.5) is 0 Å². The number of carbonyl (C=O) groups excluding carboxylic acids is 2. The molecule has 0 aliphatic rings. The Labute approximate surface area is 272 Å². The average Bonchev–Trinajstić information content (AvgIpc) is 3.01. The predicted octanol–water partition coefficient (Wildman–Crippen LogP) is 0.632. The maximum Gasteiger partial charge on any atom is 0.333 e. The van der Waals surface area contributed by atoms with Gasteiger partial charge in [0.1, 0.15) is 50.8 Å².